The van der Waals surface area contributed by atoms with Crippen LogP contribution in [0, 0.1) is 5.92 Å². The second-order valence-corrected chi connectivity index (χ2v) is 5.76. The predicted molar refractivity (Wildman–Crippen MR) is 78.0 cm³/mol. The average molecular weight is 298 g/mol. The Hall–Kier alpha value is -1.26. The van der Waals surface area contributed by atoms with Crippen LogP contribution in [0.4, 0.5) is 0 Å². The number of carbonyl (C=O) groups excluding carboxylic acids is 1. The van der Waals surface area contributed by atoms with Crippen molar-refractivity contribution in [2.75, 3.05) is 13.2 Å². The molecule has 0 aromatic heterocycles. The molecule has 0 bridgehead atoms. The van der Waals surface area contributed by atoms with Crippen LogP contribution < -0.4 is 10.1 Å². The first kappa shape index (κ1) is 15.1. The van der Waals surface area contributed by atoms with Gasteiger partial charge in [-0.15, -0.1) is 0 Å². The van der Waals surface area contributed by atoms with E-state index >= 15 is 0 Å². The van der Waals surface area contributed by atoms with Crippen molar-refractivity contribution in [2.45, 2.75) is 32.9 Å². The fourth-order valence-electron chi connectivity index (χ4n) is 1.99. The lowest BCUT2D eigenvalue weighted by Crippen LogP contribution is -2.22. The van der Waals surface area contributed by atoms with Gasteiger partial charge in [-0.05, 0) is 30.2 Å². The summed E-state index contributed by atoms with van der Waals surface area (Å²) in [5.74, 6) is 0.827. The molecule has 20 heavy (non-hydrogen) atoms. The van der Waals surface area contributed by atoms with E-state index in [1.807, 2.05) is 12.1 Å². The molecule has 1 aliphatic rings. The van der Waals surface area contributed by atoms with Crippen LogP contribution in [0.1, 0.15) is 25.8 Å². The van der Waals surface area contributed by atoms with Gasteiger partial charge in [0.1, 0.15) is 5.75 Å². The zero-order chi connectivity index (χ0) is 14.5. The number of hydrogen-bond acceptors (Lipinski definition) is 4. The van der Waals surface area contributed by atoms with Gasteiger partial charge >= 0.3 is 5.97 Å². The molecule has 1 aromatic carbocycles. The minimum Gasteiger partial charge on any atom is -0.477 e. The van der Waals surface area contributed by atoms with Gasteiger partial charge in [0, 0.05) is 13.0 Å². The van der Waals surface area contributed by atoms with Crippen molar-refractivity contribution < 1.29 is 14.3 Å². The van der Waals surface area contributed by atoms with Crippen molar-refractivity contribution in [1.29, 1.82) is 0 Å². The highest BCUT2D eigenvalue weighted by Crippen LogP contribution is 2.28. The quantitative estimate of drug-likeness (QED) is 0.820. The van der Waals surface area contributed by atoms with E-state index in [0.717, 1.165) is 18.7 Å². The van der Waals surface area contributed by atoms with E-state index in [0.29, 0.717) is 29.7 Å². The predicted octanol–water partition coefficient (Wildman–Crippen LogP) is 2.78. The molecule has 110 valence electrons. The Morgan fingerprint density at radius 3 is 2.90 bits per heavy atom. The molecule has 0 spiro atoms. The van der Waals surface area contributed by atoms with Crippen LogP contribution in [-0.2, 0) is 16.1 Å². The van der Waals surface area contributed by atoms with E-state index in [9.17, 15) is 4.79 Å². The summed E-state index contributed by atoms with van der Waals surface area (Å²) in [6.07, 6.45) is 0.0461. The van der Waals surface area contributed by atoms with E-state index in [-0.39, 0.29) is 5.97 Å². The molecule has 1 N–H and O–H groups in total. The maximum atomic E-state index is 11.4. The molecule has 1 aliphatic heterocycles. The van der Waals surface area contributed by atoms with Crippen molar-refractivity contribution in [3.8, 4) is 5.75 Å². The highest BCUT2D eigenvalue weighted by atomic mass is 35.5. The van der Waals surface area contributed by atoms with Gasteiger partial charge in [0.05, 0.1) is 11.6 Å². The summed E-state index contributed by atoms with van der Waals surface area (Å²) >= 11 is 6.19. The van der Waals surface area contributed by atoms with Crippen molar-refractivity contribution in [2.24, 2.45) is 5.92 Å². The average Bonchev–Trinajstić information content (AvgIpc) is 2.78. The molecule has 1 unspecified atom stereocenters. The molecule has 1 heterocycles. The zero-order valence-electron chi connectivity index (χ0n) is 11.8. The topological polar surface area (TPSA) is 47.6 Å². The number of halogens is 1. The van der Waals surface area contributed by atoms with Crippen LogP contribution in [0.15, 0.2) is 18.2 Å². The molecule has 1 atom stereocenters. The fraction of sp³-hybridized carbons (Fsp3) is 0.533. The van der Waals surface area contributed by atoms with Crippen LogP contribution in [0.3, 0.4) is 0 Å². The van der Waals surface area contributed by atoms with Crippen LogP contribution in [0.5, 0.6) is 5.75 Å². The van der Waals surface area contributed by atoms with E-state index in [4.69, 9.17) is 21.1 Å². The summed E-state index contributed by atoms with van der Waals surface area (Å²) < 4.78 is 10.4. The number of ether oxygens (including phenoxy) is 2. The van der Waals surface area contributed by atoms with Gasteiger partial charge in [-0.2, -0.15) is 0 Å². The molecule has 0 amide bonds. The van der Waals surface area contributed by atoms with Crippen LogP contribution in [-0.4, -0.2) is 25.2 Å². The number of benzene rings is 1. The molecule has 0 aliphatic carbocycles. The molecule has 0 saturated carbocycles. The molecule has 0 radical (unpaired) electrons. The van der Waals surface area contributed by atoms with Gasteiger partial charge in [0.25, 0.3) is 0 Å². The van der Waals surface area contributed by atoms with Crippen LogP contribution >= 0.6 is 11.6 Å². The summed E-state index contributed by atoms with van der Waals surface area (Å²) in [7, 11) is 0. The van der Waals surface area contributed by atoms with Crippen molar-refractivity contribution in [1.82, 2.24) is 5.32 Å². The summed E-state index contributed by atoms with van der Waals surface area (Å²) in [5, 5.41) is 3.88. The first-order valence-corrected chi connectivity index (χ1v) is 7.26. The van der Waals surface area contributed by atoms with E-state index < -0.39 is 6.10 Å². The number of rotatable bonds is 6. The normalized spacial score (nSPS) is 18.4. The Balaban J connectivity index is 1.93. The third-order valence-electron chi connectivity index (χ3n) is 3.03. The molecule has 2 rings (SSSR count). The minimum atomic E-state index is -0.530. The molecule has 1 fully saturated rings. The highest BCUT2D eigenvalue weighted by Gasteiger charge is 2.28. The largest absolute Gasteiger partial charge is 0.477 e. The molecule has 5 heteroatoms. The number of esters is 1. The van der Waals surface area contributed by atoms with Gasteiger partial charge in [0.2, 0.25) is 0 Å². The van der Waals surface area contributed by atoms with E-state index in [1.54, 1.807) is 6.07 Å². The van der Waals surface area contributed by atoms with Gasteiger partial charge < -0.3 is 14.8 Å². The van der Waals surface area contributed by atoms with Crippen molar-refractivity contribution in [3.63, 3.8) is 0 Å². The molecule has 1 aromatic rings. The van der Waals surface area contributed by atoms with Gasteiger partial charge in [-0.3, -0.25) is 0 Å². The van der Waals surface area contributed by atoms with Crippen molar-refractivity contribution >= 4 is 17.6 Å². The minimum absolute atomic E-state index is 0.316. The Kier molecular flexibility index (Phi) is 5.26. The summed E-state index contributed by atoms with van der Waals surface area (Å²) in [4.78, 5) is 11.4. The molecular weight excluding hydrogens is 278 g/mol. The monoisotopic (exact) mass is 297 g/mol. The maximum absolute atomic E-state index is 11.4. The fourth-order valence-corrected chi connectivity index (χ4v) is 2.24. The van der Waals surface area contributed by atoms with Gasteiger partial charge in [-0.1, -0.05) is 31.5 Å². The Bertz CT molecular complexity index is 476. The summed E-state index contributed by atoms with van der Waals surface area (Å²) in [6, 6.07) is 5.62. The van der Waals surface area contributed by atoms with Gasteiger partial charge in [-0.25, -0.2) is 4.79 Å². The summed E-state index contributed by atoms with van der Waals surface area (Å²) in [5.41, 5.74) is 1.09. The third-order valence-corrected chi connectivity index (χ3v) is 3.33. The van der Waals surface area contributed by atoms with Crippen LogP contribution in [0.2, 0.25) is 5.02 Å². The first-order valence-electron chi connectivity index (χ1n) is 6.88. The highest BCUT2D eigenvalue weighted by molar-refractivity contribution is 6.32. The standard InChI is InChI=1S/C15H20ClNO3/c1-10(2)8-17-9-11-3-4-13(12(16)7-11)20-14-5-6-19-15(14)18/h3-4,7,10,14,17H,5-6,8-9H2,1-2H3. The third kappa shape index (κ3) is 4.12. The Morgan fingerprint density at radius 1 is 1.50 bits per heavy atom. The molecule has 1 saturated heterocycles. The number of carbonyl (C=O) groups is 1. The number of hydrogen-bond donors (Lipinski definition) is 1. The lowest BCUT2D eigenvalue weighted by Gasteiger charge is -2.13. The first-order chi connectivity index (χ1) is 9.56. The van der Waals surface area contributed by atoms with E-state index in [2.05, 4.69) is 19.2 Å². The number of cyclic esters (lactones) is 1. The Morgan fingerprint density at radius 2 is 2.30 bits per heavy atom. The van der Waals surface area contributed by atoms with E-state index in [1.165, 1.54) is 0 Å². The smallest absolute Gasteiger partial charge is 0.347 e. The zero-order valence-corrected chi connectivity index (χ0v) is 12.6. The Labute approximate surface area is 124 Å². The second-order valence-electron chi connectivity index (χ2n) is 5.35. The lowest BCUT2D eigenvalue weighted by molar-refractivity contribution is -0.143. The number of nitrogens with one attached hydrogen (secondary N) is 1. The lowest BCUT2D eigenvalue weighted by atomic mass is 10.2. The van der Waals surface area contributed by atoms with Gasteiger partial charge in [0.15, 0.2) is 6.10 Å². The van der Waals surface area contributed by atoms with Crippen LogP contribution in [0.25, 0.3) is 0 Å². The van der Waals surface area contributed by atoms with Crippen molar-refractivity contribution in [3.05, 3.63) is 28.8 Å². The SMILES string of the molecule is CC(C)CNCc1ccc(OC2CCOC2=O)c(Cl)c1. The maximum Gasteiger partial charge on any atom is 0.347 e. The molecular formula is C15H20ClNO3. The summed E-state index contributed by atoms with van der Waals surface area (Å²) in [6.45, 7) is 6.47. The second kappa shape index (κ2) is 6.95. The molecule has 4 nitrogen and oxygen atoms in total.